The van der Waals surface area contributed by atoms with E-state index in [1.807, 2.05) is 20.8 Å². The molecule has 0 aliphatic heterocycles. The van der Waals surface area contributed by atoms with Crippen LogP contribution in [-0.2, 0) is 24.3 Å². The van der Waals surface area contributed by atoms with Gasteiger partial charge in [-0.25, -0.2) is 4.79 Å². The molecule has 0 bridgehead atoms. The number of nitrogens with one attached hydrogen (secondary N) is 1. The Kier molecular flexibility index (Phi) is 5.78. The molecule has 0 unspecified atom stereocenters. The molecule has 126 valence electrons. The van der Waals surface area contributed by atoms with Crippen molar-refractivity contribution in [2.75, 3.05) is 6.61 Å². The summed E-state index contributed by atoms with van der Waals surface area (Å²) in [6, 6.07) is 6.21. The summed E-state index contributed by atoms with van der Waals surface area (Å²) in [6.07, 6.45) is 6.21. The number of terminal acetylenes is 1. The van der Waals surface area contributed by atoms with E-state index in [1.165, 1.54) is 4.57 Å². The molecule has 2 aromatic rings. The van der Waals surface area contributed by atoms with Gasteiger partial charge in [-0.05, 0) is 25.8 Å². The van der Waals surface area contributed by atoms with Crippen LogP contribution in [0.3, 0.4) is 0 Å². The number of hydrogen-bond acceptors (Lipinski definition) is 3. The number of H-pyrrole nitrogens is 1. The molecule has 5 heteroatoms. The maximum Gasteiger partial charge on any atom is 0.330 e. The topological polar surface area (TPSA) is 64.1 Å². The molecule has 24 heavy (non-hydrogen) atoms. The van der Waals surface area contributed by atoms with Gasteiger partial charge in [0.2, 0.25) is 0 Å². The van der Waals surface area contributed by atoms with E-state index in [9.17, 15) is 9.59 Å². The second-order valence-corrected chi connectivity index (χ2v) is 5.82. The predicted molar refractivity (Wildman–Crippen MR) is 94.2 cm³/mol. The minimum atomic E-state index is -0.478. The fourth-order valence-corrected chi connectivity index (χ4v) is 2.92. The number of hydrogen-bond donors (Lipinski definition) is 1. The van der Waals surface area contributed by atoms with E-state index in [2.05, 4.69) is 29.1 Å². The van der Waals surface area contributed by atoms with Crippen LogP contribution in [0.15, 0.2) is 27.8 Å². The lowest BCUT2D eigenvalue weighted by Crippen LogP contribution is -2.36. The molecule has 0 atom stereocenters. The van der Waals surface area contributed by atoms with Crippen LogP contribution in [0, 0.1) is 26.2 Å². The van der Waals surface area contributed by atoms with Crippen LogP contribution in [0.5, 0.6) is 0 Å². The fraction of sp³-hybridized carbons (Fsp3) is 0.368. The molecule has 1 heterocycles. The molecule has 1 aromatic heterocycles. The summed E-state index contributed by atoms with van der Waals surface area (Å²) in [4.78, 5) is 26.7. The monoisotopic (exact) mass is 326 g/mol. The molecule has 1 N–H and O–H groups in total. The summed E-state index contributed by atoms with van der Waals surface area (Å²) >= 11 is 0. The van der Waals surface area contributed by atoms with Crippen LogP contribution in [0.4, 0.5) is 0 Å². The van der Waals surface area contributed by atoms with E-state index in [0.29, 0.717) is 24.1 Å². The van der Waals surface area contributed by atoms with Gasteiger partial charge in [0.15, 0.2) is 0 Å². The zero-order valence-electron chi connectivity index (χ0n) is 14.3. The average Bonchev–Trinajstić information content (AvgIpc) is 2.49. The van der Waals surface area contributed by atoms with Crippen molar-refractivity contribution in [1.29, 1.82) is 0 Å². The predicted octanol–water partition coefficient (Wildman–Crippen LogP) is 1.91. The Morgan fingerprint density at radius 2 is 1.88 bits per heavy atom. The van der Waals surface area contributed by atoms with Crippen molar-refractivity contribution in [1.82, 2.24) is 9.55 Å². The van der Waals surface area contributed by atoms with E-state index in [1.54, 1.807) is 0 Å². The molecule has 0 aliphatic rings. The first-order valence-corrected chi connectivity index (χ1v) is 7.89. The SMILES string of the molecule is C#CCOCn1c(Cc2cc(C)cc(C)c2)c(CC)c(=O)[nH]c1=O. The normalized spacial score (nSPS) is 10.6. The van der Waals surface area contributed by atoms with Crippen molar-refractivity contribution >= 4 is 0 Å². The summed E-state index contributed by atoms with van der Waals surface area (Å²) in [5.41, 5.74) is 3.80. The van der Waals surface area contributed by atoms with Crippen molar-refractivity contribution in [2.45, 2.75) is 40.3 Å². The number of aryl methyl sites for hydroxylation is 2. The molecule has 0 saturated carbocycles. The second kappa shape index (κ2) is 7.80. The van der Waals surface area contributed by atoms with Crippen molar-refractivity contribution in [3.05, 3.63) is 67.0 Å². The van der Waals surface area contributed by atoms with Crippen LogP contribution in [0.1, 0.15) is 34.9 Å². The number of nitrogens with zero attached hydrogens (tertiary/aromatic N) is 1. The van der Waals surface area contributed by atoms with E-state index in [4.69, 9.17) is 11.2 Å². The molecule has 0 amide bonds. The van der Waals surface area contributed by atoms with Gasteiger partial charge in [0, 0.05) is 17.7 Å². The fourth-order valence-electron chi connectivity index (χ4n) is 2.92. The largest absolute Gasteiger partial charge is 0.348 e. The highest BCUT2D eigenvalue weighted by Crippen LogP contribution is 2.15. The van der Waals surface area contributed by atoms with Crippen molar-refractivity contribution in [3.8, 4) is 12.3 Å². The molecular formula is C19H22N2O3. The van der Waals surface area contributed by atoms with Gasteiger partial charge >= 0.3 is 5.69 Å². The first kappa shape index (κ1) is 17.8. The lowest BCUT2D eigenvalue weighted by Gasteiger charge is -2.16. The van der Waals surface area contributed by atoms with Crippen LogP contribution in [0.25, 0.3) is 0 Å². The number of aromatic amines is 1. The standard InChI is InChI=1S/C19H22N2O3/c1-5-7-24-12-21-17(16(6-2)18(22)20-19(21)23)11-15-9-13(3)8-14(4)10-15/h1,8-10H,6-7,11-12H2,2-4H3,(H,20,22,23). The molecule has 0 radical (unpaired) electrons. The Labute approximate surface area is 141 Å². The van der Waals surface area contributed by atoms with Crippen LogP contribution in [0.2, 0.25) is 0 Å². The molecular weight excluding hydrogens is 304 g/mol. The Balaban J connectivity index is 2.54. The van der Waals surface area contributed by atoms with Gasteiger partial charge in [-0.1, -0.05) is 42.2 Å². The molecule has 1 aromatic carbocycles. The van der Waals surface area contributed by atoms with E-state index in [-0.39, 0.29) is 18.9 Å². The average molecular weight is 326 g/mol. The van der Waals surface area contributed by atoms with Gasteiger partial charge in [0.25, 0.3) is 5.56 Å². The Bertz CT molecular complexity index is 865. The highest BCUT2D eigenvalue weighted by molar-refractivity contribution is 5.33. The molecule has 0 aliphatic carbocycles. The second-order valence-electron chi connectivity index (χ2n) is 5.82. The number of rotatable bonds is 6. The first-order chi connectivity index (χ1) is 11.5. The molecule has 0 spiro atoms. The van der Waals surface area contributed by atoms with E-state index in [0.717, 1.165) is 16.7 Å². The van der Waals surface area contributed by atoms with Crippen molar-refractivity contribution in [3.63, 3.8) is 0 Å². The number of aromatic nitrogens is 2. The summed E-state index contributed by atoms with van der Waals surface area (Å²) in [6.45, 7) is 6.08. The maximum absolute atomic E-state index is 12.2. The maximum atomic E-state index is 12.2. The summed E-state index contributed by atoms with van der Waals surface area (Å²) < 4.78 is 6.77. The van der Waals surface area contributed by atoms with Crippen LogP contribution < -0.4 is 11.2 Å². The first-order valence-electron chi connectivity index (χ1n) is 7.89. The Morgan fingerprint density at radius 3 is 2.46 bits per heavy atom. The van der Waals surface area contributed by atoms with Crippen molar-refractivity contribution < 1.29 is 4.74 Å². The zero-order chi connectivity index (χ0) is 17.7. The number of benzene rings is 1. The van der Waals surface area contributed by atoms with Gasteiger partial charge in [0.1, 0.15) is 13.3 Å². The molecule has 5 nitrogen and oxygen atoms in total. The quantitative estimate of drug-likeness (QED) is 0.651. The van der Waals surface area contributed by atoms with Gasteiger partial charge in [-0.2, -0.15) is 0 Å². The minimum Gasteiger partial charge on any atom is -0.348 e. The smallest absolute Gasteiger partial charge is 0.330 e. The third-order valence-corrected chi connectivity index (χ3v) is 3.83. The van der Waals surface area contributed by atoms with Gasteiger partial charge in [-0.15, -0.1) is 6.42 Å². The van der Waals surface area contributed by atoms with Crippen LogP contribution in [-0.4, -0.2) is 16.2 Å². The lowest BCUT2D eigenvalue weighted by molar-refractivity contribution is 0.0981. The van der Waals surface area contributed by atoms with Crippen LogP contribution >= 0.6 is 0 Å². The summed E-state index contributed by atoms with van der Waals surface area (Å²) in [5.74, 6) is 2.37. The van der Waals surface area contributed by atoms with E-state index < -0.39 is 5.69 Å². The zero-order valence-corrected chi connectivity index (χ0v) is 14.3. The van der Waals surface area contributed by atoms with Gasteiger partial charge < -0.3 is 4.74 Å². The molecule has 0 fully saturated rings. The van der Waals surface area contributed by atoms with Gasteiger partial charge in [-0.3, -0.25) is 14.3 Å². The number of ether oxygens (including phenoxy) is 1. The third-order valence-electron chi connectivity index (χ3n) is 3.83. The molecule has 2 rings (SSSR count). The van der Waals surface area contributed by atoms with E-state index >= 15 is 0 Å². The lowest BCUT2D eigenvalue weighted by atomic mass is 10.0. The minimum absolute atomic E-state index is 0.0208. The summed E-state index contributed by atoms with van der Waals surface area (Å²) in [5, 5.41) is 0. The molecule has 0 saturated heterocycles. The highest BCUT2D eigenvalue weighted by atomic mass is 16.5. The summed E-state index contributed by atoms with van der Waals surface area (Å²) in [7, 11) is 0. The van der Waals surface area contributed by atoms with Gasteiger partial charge in [0.05, 0.1) is 0 Å². The Hall–Kier alpha value is -2.58. The Morgan fingerprint density at radius 1 is 1.21 bits per heavy atom. The third kappa shape index (κ3) is 4.03. The highest BCUT2D eigenvalue weighted by Gasteiger charge is 2.14. The van der Waals surface area contributed by atoms with Crippen molar-refractivity contribution in [2.24, 2.45) is 0 Å².